The van der Waals surface area contributed by atoms with Crippen molar-refractivity contribution in [3.8, 4) is 0 Å². The Balaban J connectivity index is 2.69. The maximum absolute atomic E-state index is 12.5. The number of amides is 1. The van der Waals surface area contributed by atoms with Gasteiger partial charge >= 0.3 is 12.1 Å². The molecule has 1 N–H and O–H groups in total. The molecule has 0 radical (unpaired) electrons. The van der Waals surface area contributed by atoms with Gasteiger partial charge in [0.05, 0.1) is 6.54 Å². The number of hydrogen-bond donors (Lipinski definition) is 1. The van der Waals surface area contributed by atoms with E-state index in [1.54, 1.807) is 13.8 Å². The van der Waals surface area contributed by atoms with Gasteiger partial charge in [-0.05, 0) is 25.3 Å². The molecular weight excluding hydrogens is 289 g/mol. The average Bonchev–Trinajstić information content (AvgIpc) is 2.73. The van der Waals surface area contributed by atoms with Crippen molar-refractivity contribution < 1.29 is 27.9 Å². The van der Waals surface area contributed by atoms with Crippen LogP contribution < -0.4 is 0 Å². The van der Waals surface area contributed by atoms with Crippen LogP contribution in [0.15, 0.2) is 0 Å². The largest absolute Gasteiger partial charge is 0.480 e. The highest BCUT2D eigenvalue weighted by Crippen LogP contribution is 2.20. The van der Waals surface area contributed by atoms with Crippen LogP contribution in [-0.4, -0.2) is 65.2 Å². The Labute approximate surface area is 121 Å². The molecule has 0 aromatic rings. The number of aliphatic carboxylic acids is 1. The fraction of sp³-hybridized carbons (Fsp3) is 0.846. The molecule has 0 aromatic carbocycles. The molecule has 0 spiro atoms. The molecule has 1 amide bonds. The number of likely N-dealkylation sites (tertiary alicyclic amines) is 1. The Morgan fingerprint density at radius 1 is 1.38 bits per heavy atom. The number of alkyl halides is 3. The number of halogens is 3. The third-order valence-corrected chi connectivity index (χ3v) is 3.30. The first-order chi connectivity index (χ1) is 9.60. The molecule has 1 fully saturated rings. The normalized spacial score (nSPS) is 20.0. The summed E-state index contributed by atoms with van der Waals surface area (Å²) in [6.07, 6.45) is -3.40. The SMILES string of the molecule is CC(C)CN(CC(F)(F)F)C(=O)CN1CCC[C@@H]1C(=O)O. The van der Waals surface area contributed by atoms with Gasteiger partial charge in [-0.15, -0.1) is 0 Å². The molecule has 1 aliphatic rings. The predicted octanol–water partition coefficient (Wildman–Crippen LogP) is 1.58. The maximum atomic E-state index is 12.5. The van der Waals surface area contributed by atoms with E-state index in [-0.39, 0.29) is 19.0 Å². The van der Waals surface area contributed by atoms with Gasteiger partial charge in [0.15, 0.2) is 0 Å². The number of carbonyl (C=O) groups is 2. The number of carboxylic acids is 1. The van der Waals surface area contributed by atoms with E-state index in [1.165, 1.54) is 4.90 Å². The molecule has 122 valence electrons. The van der Waals surface area contributed by atoms with Crippen LogP contribution in [0.2, 0.25) is 0 Å². The summed E-state index contributed by atoms with van der Waals surface area (Å²) in [5.41, 5.74) is 0. The van der Waals surface area contributed by atoms with E-state index in [0.717, 1.165) is 4.90 Å². The Kier molecular flexibility index (Phi) is 6.00. The van der Waals surface area contributed by atoms with Crippen molar-refractivity contribution in [1.29, 1.82) is 0 Å². The molecule has 0 bridgehead atoms. The van der Waals surface area contributed by atoms with Crippen molar-refractivity contribution in [3.63, 3.8) is 0 Å². The molecule has 1 atom stereocenters. The zero-order valence-corrected chi connectivity index (χ0v) is 12.2. The van der Waals surface area contributed by atoms with E-state index in [1.807, 2.05) is 0 Å². The summed E-state index contributed by atoms with van der Waals surface area (Å²) in [5, 5.41) is 9.02. The van der Waals surface area contributed by atoms with Crippen LogP contribution >= 0.6 is 0 Å². The van der Waals surface area contributed by atoms with Gasteiger partial charge < -0.3 is 10.0 Å². The molecule has 0 aliphatic carbocycles. The minimum Gasteiger partial charge on any atom is -0.480 e. The quantitative estimate of drug-likeness (QED) is 0.809. The van der Waals surface area contributed by atoms with Crippen LogP contribution in [-0.2, 0) is 9.59 Å². The van der Waals surface area contributed by atoms with E-state index in [4.69, 9.17) is 5.11 Å². The van der Waals surface area contributed by atoms with Crippen LogP contribution in [0.1, 0.15) is 26.7 Å². The van der Waals surface area contributed by atoms with Gasteiger partial charge in [-0.2, -0.15) is 13.2 Å². The fourth-order valence-electron chi connectivity index (χ4n) is 2.48. The number of carbonyl (C=O) groups excluding carboxylic acids is 1. The molecular formula is C13H21F3N2O3. The summed E-state index contributed by atoms with van der Waals surface area (Å²) in [6, 6.07) is -0.777. The molecule has 0 unspecified atom stereocenters. The van der Waals surface area contributed by atoms with Gasteiger partial charge in [0.25, 0.3) is 0 Å². The zero-order valence-electron chi connectivity index (χ0n) is 12.2. The van der Waals surface area contributed by atoms with Crippen LogP contribution in [0.3, 0.4) is 0 Å². The number of carboxylic acid groups (broad SMARTS) is 1. The lowest BCUT2D eigenvalue weighted by molar-refractivity contribution is -0.163. The molecule has 0 aromatic heterocycles. The second kappa shape index (κ2) is 7.11. The highest BCUT2D eigenvalue weighted by molar-refractivity contribution is 5.80. The van der Waals surface area contributed by atoms with Gasteiger partial charge in [0.2, 0.25) is 5.91 Å². The molecule has 8 heteroatoms. The lowest BCUT2D eigenvalue weighted by atomic mass is 10.2. The summed E-state index contributed by atoms with van der Waals surface area (Å²) < 4.78 is 37.6. The van der Waals surface area contributed by atoms with Crippen LogP contribution in [0.5, 0.6) is 0 Å². The predicted molar refractivity (Wildman–Crippen MR) is 69.7 cm³/mol. The monoisotopic (exact) mass is 310 g/mol. The second-order valence-electron chi connectivity index (χ2n) is 5.75. The van der Waals surface area contributed by atoms with E-state index in [9.17, 15) is 22.8 Å². The average molecular weight is 310 g/mol. The Hall–Kier alpha value is -1.31. The molecule has 1 heterocycles. The van der Waals surface area contributed by atoms with E-state index >= 15 is 0 Å². The van der Waals surface area contributed by atoms with Gasteiger partial charge in [-0.25, -0.2) is 0 Å². The fourth-order valence-corrected chi connectivity index (χ4v) is 2.48. The number of hydrogen-bond acceptors (Lipinski definition) is 3. The highest BCUT2D eigenvalue weighted by atomic mass is 19.4. The smallest absolute Gasteiger partial charge is 0.406 e. The first-order valence-corrected chi connectivity index (χ1v) is 6.91. The van der Waals surface area contributed by atoms with Gasteiger partial charge in [0, 0.05) is 6.54 Å². The van der Waals surface area contributed by atoms with E-state index in [0.29, 0.717) is 19.4 Å². The van der Waals surface area contributed by atoms with Crippen molar-refractivity contribution in [1.82, 2.24) is 9.80 Å². The van der Waals surface area contributed by atoms with E-state index in [2.05, 4.69) is 0 Å². The second-order valence-corrected chi connectivity index (χ2v) is 5.75. The zero-order chi connectivity index (χ0) is 16.2. The first kappa shape index (κ1) is 17.7. The van der Waals surface area contributed by atoms with Crippen LogP contribution in [0, 0.1) is 5.92 Å². The molecule has 1 aliphatic heterocycles. The summed E-state index contributed by atoms with van der Waals surface area (Å²) in [4.78, 5) is 25.3. The summed E-state index contributed by atoms with van der Waals surface area (Å²) in [5.74, 6) is -1.80. The number of rotatable bonds is 6. The van der Waals surface area contributed by atoms with E-state index < -0.39 is 30.6 Å². The summed E-state index contributed by atoms with van der Waals surface area (Å²) >= 11 is 0. The van der Waals surface area contributed by atoms with Crippen molar-refractivity contribution in [2.24, 2.45) is 5.92 Å². The van der Waals surface area contributed by atoms with Crippen LogP contribution in [0.4, 0.5) is 13.2 Å². The molecule has 21 heavy (non-hydrogen) atoms. The molecule has 5 nitrogen and oxygen atoms in total. The lowest BCUT2D eigenvalue weighted by Gasteiger charge is -2.29. The van der Waals surface area contributed by atoms with Crippen molar-refractivity contribution in [3.05, 3.63) is 0 Å². The first-order valence-electron chi connectivity index (χ1n) is 6.91. The standard InChI is InChI=1S/C13H21F3N2O3/c1-9(2)6-18(8-13(14,15)16)11(19)7-17-5-3-4-10(17)12(20)21/h9-10H,3-8H2,1-2H3,(H,20,21)/t10-/m1/s1. The Morgan fingerprint density at radius 2 is 2.00 bits per heavy atom. The topological polar surface area (TPSA) is 60.9 Å². The third kappa shape index (κ3) is 5.91. The minimum absolute atomic E-state index is 0.00389. The summed E-state index contributed by atoms with van der Waals surface area (Å²) in [7, 11) is 0. The van der Waals surface area contributed by atoms with Crippen LogP contribution in [0.25, 0.3) is 0 Å². The Morgan fingerprint density at radius 3 is 2.48 bits per heavy atom. The highest BCUT2D eigenvalue weighted by Gasteiger charge is 2.36. The van der Waals surface area contributed by atoms with Gasteiger partial charge in [-0.3, -0.25) is 14.5 Å². The van der Waals surface area contributed by atoms with Crippen molar-refractivity contribution in [2.75, 3.05) is 26.2 Å². The lowest BCUT2D eigenvalue weighted by Crippen LogP contribution is -2.48. The van der Waals surface area contributed by atoms with Gasteiger partial charge in [0.1, 0.15) is 12.6 Å². The third-order valence-electron chi connectivity index (χ3n) is 3.30. The number of nitrogens with zero attached hydrogens (tertiary/aromatic N) is 2. The molecule has 1 saturated heterocycles. The molecule has 0 saturated carbocycles. The minimum atomic E-state index is -4.46. The Bertz CT molecular complexity index is 385. The van der Waals surface area contributed by atoms with Crippen molar-refractivity contribution in [2.45, 2.75) is 38.9 Å². The summed E-state index contributed by atoms with van der Waals surface area (Å²) in [6.45, 7) is 2.31. The van der Waals surface area contributed by atoms with Gasteiger partial charge in [-0.1, -0.05) is 13.8 Å². The molecule has 1 rings (SSSR count). The van der Waals surface area contributed by atoms with Crippen molar-refractivity contribution >= 4 is 11.9 Å². The maximum Gasteiger partial charge on any atom is 0.406 e.